The summed E-state index contributed by atoms with van der Waals surface area (Å²) >= 11 is 0. The third-order valence-electron chi connectivity index (χ3n) is 7.01. The highest BCUT2D eigenvalue weighted by atomic mass is 16.6. The molecule has 6 rings (SSSR count). The van der Waals surface area contributed by atoms with E-state index in [1.54, 1.807) is 10.8 Å². The minimum absolute atomic E-state index is 0.0114. The van der Waals surface area contributed by atoms with Gasteiger partial charge in [0.1, 0.15) is 24.0 Å². The van der Waals surface area contributed by atoms with Gasteiger partial charge in [-0.05, 0) is 16.7 Å². The third-order valence-corrected chi connectivity index (χ3v) is 7.01. The van der Waals surface area contributed by atoms with Crippen molar-refractivity contribution in [3.8, 4) is 12.1 Å². The Hall–Kier alpha value is -4.25. The lowest BCUT2D eigenvalue weighted by Crippen LogP contribution is -2.39. The van der Waals surface area contributed by atoms with Crippen molar-refractivity contribution in [3.05, 3.63) is 130 Å². The predicted molar refractivity (Wildman–Crippen MR) is 136 cm³/mol. The predicted octanol–water partition coefficient (Wildman–Crippen LogP) is 4.37. The van der Waals surface area contributed by atoms with E-state index in [9.17, 15) is 4.79 Å². The summed E-state index contributed by atoms with van der Waals surface area (Å²) in [5.74, 6) is 0. The molecule has 0 radical (unpaired) electrons. The van der Waals surface area contributed by atoms with Crippen molar-refractivity contribution in [3.63, 3.8) is 0 Å². The zero-order valence-electron chi connectivity index (χ0n) is 20.1. The Labute approximate surface area is 214 Å². The first-order valence-electron chi connectivity index (χ1n) is 12.3. The van der Waals surface area contributed by atoms with Gasteiger partial charge < -0.3 is 14.2 Å². The second-order valence-corrected chi connectivity index (χ2v) is 9.21. The molecule has 0 amide bonds. The van der Waals surface area contributed by atoms with Gasteiger partial charge in [0.2, 0.25) is 0 Å². The van der Waals surface area contributed by atoms with Crippen LogP contribution in [0.3, 0.4) is 0 Å². The van der Waals surface area contributed by atoms with Crippen molar-refractivity contribution in [1.29, 1.82) is 5.26 Å². The third kappa shape index (κ3) is 4.10. The van der Waals surface area contributed by atoms with Gasteiger partial charge in [-0.1, -0.05) is 91.0 Å². The molecular weight excluding hydrogens is 466 g/mol. The Balaban J connectivity index is 1.35. The van der Waals surface area contributed by atoms with Gasteiger partial charge >= 0.3 is 6.01 Å². The lowest BCUT2D eigenvalue weighted by molar-refractivity contribution is -0.0816. The topological polar surface area (TPSA) is 86.4 Å². The maximum absolute atomic E-state index is 12.3. The molecule has 3 heterocycles. The molecule has 0 unspecified atom stereocenters. The summed E-state index contributed by atoms with van der Waals surface area (Å²) in [6.45, 7) is 0.254. The SMILES string of the molecule is N#CCc1cn2c(nc1=O)O[C@@H]1C[C@H]2O[C@@H]1COC(c1ccccc1)(c1ccccc1)c1ccccc1. The Morgan fingerprint density at radius 1 is 0.946 bits per heavy atom. The molecule has 4 aromatic rings. The monoisotopic (exact) mass is 491 g/mol. The first kappa shape index (κ1) is 23.2. The molecule has 0 aliphatic carbocycles. The van der Waals surface area contributed by atoms with E-state index >= 15 is 0 Å². The van der Waals surface area contributed by atoms with Crippen LogP contribution in [0.1, 0.15) is 34.9 Å². The van der Waals surface area contributed by atoms with E-state index in [0.29, 0.717) is 12.0 Å². The highest BCUT2D eigenvalue weighted by Crippen LogP contribution is 2.43. The van der Waals surface area contributed by atoms with Crippen LogP contribution in [0, 0.1) is 11.3 Å². The summed E-state index contributed by atoms with van der Waals surface area (Å²) in [7, 11) is 0. The number of hydrogen-bond acceptors (Lipinski definition) is 6. The van der Waals surface area contributed by atoms with E-state index < -0.39 is 11.2 Å². The average molecular weight is 492 g/mol. The average Bonchev–Trinajstić information content (AvgIpc) is 3.28. The van der Waals surface area contributed by atoms with Gasteiger partial charge in [-0.3, -0.25) is 9.36 Å². The summed E-state index contributed by atoms with van der Waals surface area (Å²) in [6, 6.07) is 32.7. The molecule has 2 aliphatic rings. The van der Waals surface area contributed by atoms with Crippen LogP contribution in [0.4, 0.5) is 0 Å². The second kappa shape index (κ2) is 9.66. The molecule has 7 nitrogen and oxygen atoms in total. The fraction of sp³-hybridized carbons (Fsp3) is 0.233. The lowest BCUT2D eigenvalue weighted by atomic mass is 9.80. The van der Waals surface area contributed by atoms with E-state index in [-0.39, 0.29) is 37.5 Å². The summed E-state index contributed by atoms with van der Waals surface area (Å²) < 4.78 is 21.1. The molecule has 3 atom stereocenters. The molecule has 2 aliphatic heterocycles. The number of nitriles is 1. The molecule has 3 aromatic carbocycles. The van der Waals surface area contributed by atoms with E-state index in [1.807, 2.05) is 60.7 Å². The smallest absolute Gasteiger partial charge is 0.302 e. The van der Waals surface area contributed by atoms with Gasteiger partial charge in [-0.15, -0.1) is 0 Å². The molecule has 37 heavy (non-hydrogen) atoms. The quantitative estimate of drug-likeness (QED) is 0.357. The number of hydrogen-bond donors (Lipinski definition) is 0. The van der Waals surface area contributed by atoms with Crippen molar-refractivity contribution in [1.82, 2.24) is 9.55 Å². The van der Waals surface area contributed by atoms with Gasteiger partial charge in [-0.2, -0.15) is 10.2 Å². The summed E-state index contributed by atoms with van der Waals surface area (Å²) in [6.07, 6.45) is 1.19. The Morgan fingerprint density at radius 3 is 2.05 bits per heavy atom. The van der Waals surface area contributed by atoms with Crippen LogP contribution in [-0.4, -0.2) is 28.4 Å². The minimum Gasteiger partial charge on any atom is -0.458 e. The second-order valence-electron chi connectivity index (χ2n) is 9.21. The van der Waals surface area contributed by atoms with Crippen molar-refractivity contribution in [2.45, 2.75) is 36.9 Å². The number of aromatic nitrogens is 2. The highest BCUT2D eigenvalue weighted by molar-refractivity contribution is 5.47. The van der Waals surface area contributed by atoms with E-state index in [1.165, 1.54) is 0 Å². The van der Waals surface area contributed by atoms with Crippen LogP contribution in [0.5, 0.6) is 6.01 Å². The zero-order valence-corrected chi connectivity index (χ0v) is 20.1. The zero-order chi connectivity index (χ0) is 25.2. The molecule has 7 heteroatoms. The number of fused-ring (bicyclic) bond motifs is 4. The van der Waals surface area contributed by atoms with Gasteiger partial charge in [0, 0.05) is 18.2 Å². The largest absolute Gasteiger partial charge is 0.458 e. The van der Waals surface area contributed by atoms with Crippen LogP contribution in [0.25, 0.3) is 0 Å². The van der Waals surface area contributed by atoms with E-state index in [0.717, 1.165) is 16.7 Å². The maximum Gasteiger partial charge on any atom is 0.302 e. The Kier molecular flexibility index (Phi) is 6.05. The maximum atomic E-state index is 12.3. The highest BCUT2D eigenvalue weighted by Gasteiger charge is 2.46. The van der Waals surface area contributed by atoms with Gasteiger partial charge in [0.05, 0.1) is 19.1 Å². The number of ether oxygens (including phenoxy) is 3. The lowest BCUT2D eigenvalue weighted by Gasteiger charge is -2.37. The van der Waals surface area contributed by atoms with Crippen molar-refractivity contribution in [2.24, 2.45) is 0 Å². The Morgan fingerprint density at radius 2 is 1.51 bits per heavy atom. The number of benzene rings is 3. The van der Waals surface area contributed by atoms with Crippen LogP contribution < -0.4 is 10.3 Å². The summed E-state index contributed by atoms with van der Waals surface area (Å²) in [4.78, 5) is 16.4. The van der Waals surface area contributed by atoms with Crippen molar-refractivity contribution in [2.75, 3.05) is 6.61 Å². The van der Waals surface area contributed by atoms with Crippen molar-refractivity contribution >= 4 is 0 Å². The van der Waals surface area contributed by atoms with Gasteiger partial charge in [0.25, 0.3) is 5.56 Å². The molecule has 0 N–H and O–H groups in total. The van der Waals surface area contributed by atoms with Crippen LogP contribution in [-0.2, 0) is 21.5 Å². The summed E-state index contributed by atoms with van der Waals surface area (Å²) in [5.41, 5.74) is 2.03. The molecule has 0 spiro atoms. The van der Waals surface area contributed by atoms with Crippen molar-refractivity contribution < 1.29 is 14.2 Å². The molecule has 184 valence electrons. The molecule has 1 aromatic heterocycles. The van der Waals surface area contributed by atoms with Crippen LogP contribution >= 0.6 is 0 Å². The van der Waals surface area contributed by atoms with Gasteiger partial charge in [0.15, 0.2) is 0 Å². The normalized spacial score (nSPS) is 20.0. The number of rotatable bonds is 7. The van der Waals surface area contributed by atoms with E-state index in [2.05, 4.69) is 41.4 Å². The first-order valence-corrected chi connectivity index (χ1v) is 12.3. The van der Waals surface area contributed by atoms with E-state index in [4.69, 9.17) is 19.5 Å². The molecular formula is C30H25N3O4. The molecule has 1 saturated heterocycles. The molecule has 2 bridgehead atoms. The van der Waals surface area contributed by atoms with Gasteiger partial charge in [-0.25, -0.2) is 0 Å². The standard InChI is InChI=1S/C30H25N3O4/c31-17-16-21-19-33-27-18-25(37-29(33)32-28(21)34)26(36-27)20-35-30(22-10-4-1-5-11-22,23-12-6-2-7-13-23)24-14-8-3-9-15-24/h1-15,19,25-27H,16,18,20H2/t25-,26-,27-/m1/s1. The molecule has 1 fully saturated rings. The Bertz CT molecular complexity index is 1390. The minimum atomic E-state index is -0.871. The fourth-order valence-corrected chi connectivity index (χ4v) is 5.25. The van der Waals surface area contributed by atoms with Crippen LogP contribution in [0.15, 0.2) is 102 Å². The number of nitrogens with zero attached hydrogens (tertiary/aromatic N) is 3. The fourth-order valence-electron chi connectivity index (χ4n) is 5.25. The molecule has 0 saturated carbocycles. The summed E-state index contributed by atoms with van der Waals surface area (Å²) in [5, 5.41) is 9.04. The van der Waals surface area contributed by atoms with Crippen LogP contribution in [0.2, 0.25) is 0 Å². The first-order chi connectivity index (χ1) is 18.2.